The van der Waals surface area contributed by atoms with Gasteiger partial charge in [0.05, 0.1) is 31.1 Å². The summed E-state index contributed by atoms with van der Waals surface area (Å²) in [6.07, 6.45) is 3.89. The van der Waals surface area contributed by atoms with Crippen molar-refractivity contribution in [2.75, 3.05) is 19.1 Å². The molecule has 5 heteroatoms. The lowest BCUT2D eigenvalue weighted by molar-refractivity contribution is 0.288. The van der Waals surface area contributed by atoms with Crippen LogP contribution in [0.3, 0.4) is 0 Å². The van der Waals surface area contributed by atoms with Crippen molar-refractivity contribution < 1.29 is 9.47 Å². The third kappa shape index (κ3) is 4.76. The second kappa shape index (κ2) is 9.03. The van der Waals surface area contributed by atoms with Gasteiger partial charge in [0.25, 0.3) is 0 Å². The summed E-state index contributed by atoms with van der Waals surface area (Å²) in [6.45, 7) is 4.81. The summed E-state index contributed by atoms with van der Waals surface area (Å²) in [6, 6.07) is 15.8. The highest BCUT2D eigenvalue weighted by Gasteiger charge is 2.05. The summed E-state index contributed by atoms with van der Waals surface area (Å²) < 4.78 is 11.2. The standard InChI is InChI=1S/C22H25N3O2/c1-4-5-12-27-21-11-10-17(14-22(21)26-3)15-23-25-20-13-16(2)24-19-9-7-6-8-18(19)20/h6-11,13-15H,4-5,12H2,1-3H3,(H,24,25)/b23-15+. The van der Waals surface area contributed by atoms with Crippen LogP contribution >= 0.6 is 0 Å². The van der Waals surface area contributed by atoms with Crippen molar-refractivity contribution >= 4 is 22.8 Å². The molecule has 140 valence electrons. The number of hydrogen-bond donors (Lipinski definition) is 1. The number of hydrazone groups is 1. The first-order valence-electron chi connectivity index (χ1n) is 9.17. The first-order chi connectivity index (χ1) is 13.2. The van der Waals surface area contributed by atoms with Crippen LogP contribution in [0.1, 0.15) is 31.0 Å². The van der Waals surface area contributed by atoms with Crippen molar-refractivity contribution in [3.63, 3.8) is 0 Å². The molecule has 1 heterocycles. The van der Waals surface area contributed by atoms with Crippen LogP contribution in [0.5, 0.6) is 11.5 Å². The maximum Gasteiger partial charge on any atom is 0.161 e. The summed E-state index contributed by atoms with van der Waals surface area (Å²) >= 11 is 0. The number of para-hydroxylation sites is 1. The van der Waals surface area contributed by atoms with Crippen molar-refractivity contribution in [3.8, 4) is 11.5 Å². The first-order valence-corrected chi connectivity index (χ1v) is 9.17. The molecule has 0 fully saturated rings. The molecule has 1 aromatic heterocycles. The molecule has 0 radical (unpaired) electrons. The zero-order valence-corrected chi connectivity index (χ0v) is 16.0. The number of pyridine rings is 1. The number of unbranched alkanes of at least 4 members (excludes halogenated alkanes) is 1. The van der Waals surface area contributed by atoms with E-state index >= 15 is 0 Å². The Morgan fingerprint density at radius 2 is 1.96 bits per heavy atom. The molecule has 0 aliphatic carbocycles. The summed E-state index contributed by atoms with van der Waals surface area (Å²) in [7, 11) is 1.65. The number of nitrogens with one attached hydrogen (secondary N) is 1. The SMILES string of the molecule is CCCCOc1ccc(/C=N/Nc2cc(C)nc3ccccc23)cc1OC. The van der Waals surface area contributed by atoms with Crippen LogP contribution in [0, 0.1) is 6.92 Å². The van der Waals surface area contributed by atoms with Gasteiger partial charge < -0.3 is 9.47 Å². The molecule has 3 rings (SSSR count). The van der Waals surface area contributed by atoms with Gasteiger partial charge in [-0.05, 0) is 49.2 Å². The molecular weight excluding hydrogens is 338 g/mol. The zero-order chi connectivity index (χ0) is 19.1. The van der Waals surface area contributed by atoms with Crippen molar-refractivity contribution in [1.82, 2.24) is 4.98 Å². The lowest BCUT2D eigenvalue weighted by atomic mass is 10.1. The van der Waals surface area contributed by atoms with E-state index in [2.05, 4.69) is 22.4 Å². The minimum absolute atomic E-state index is 0.691. The fourth-order valence-electron chi connectivity index (χ4n) is 2.79. The molecule has 3 aromatic rings. The summed E-state index contributed by atoms with van der Waals surface area (Å²) in [5.74, 6) is 1.46. The first kappa shape index (κ1) is 18.7. The molecule has 5 nitrogen and oxygen atoms in total. The van der Waals surface area contributed by atoms with Gasteiger partial charge in [0.2, 0.25) is 0 Å². The molecule has 0 amide bonds. The van der Waals surface area contributed by atoms with Gasteiger partial charge in [-0.2, -0.15) is 5.10 Å². The monoisotopic (exact) mass is 363 g/mol. The molecule has 27 heavy (non-hydrogen) atoms. The number of aromatic nitrogens is 1. The van der Waals surface area contributed by atoms with Crippen molar-refractivity contribution in [2.24, 2.45) is 5.10 Å². The predicted octanol–water partition coefficient (Wildman–Crippen LogP) is 5.18. The smallest absolute Gasteiger partial charge is 0.161 e. The summed E-state index contributed by atoms with van der Waals surface area (Å²) in [5.41, 5.74) is 6.88. The van der Waals surface area contributed by atoms with Crippen LogP contribution in [0.15, 0.2) is 53.6 Å². The minimum atomic E-state index is 0.691. The van der Waals surface area contributed by atoms with E-state index in [0.29, 0.717) is 12.4 Å². The fourth-order valence-corrected chi connectivity index (χ4v) is 2.79. The van der Waals surface area contributed by atoms with Crippen LogP contribution in [0.2, 0.25) is 0 Å². The molecule has 0 aliphatic heterocycles. The van der Waals surface area contributed by atoms with E-state index in [-0.39, 0.29) is 0 Å². The van der Waals surface area contributed by atoms with Crippen LogP contribution in [0.25, 0.3) is 10.9 Å². The Balaban J connectivity index is 1.75. The van der Waals surface area contributed by atoms with Gasteiger partial charge in [0, 0.05) is 11.1 Å². The highest BCUT2D eigenvalue weighted by Crippen LogP contribution is 2.28. The van der Waals surface area contributed by atoms with E-state index in [4.69, 9.17) is 9.47 Å². The molecule has 0 bridgehead atoms. The van der Waals surface area contributed by atoms with E-state index in [0.717, 1.165) is 46.4 Å². The molecule has 0 atom stereocenters. The van der Waals surface area contributed by atoms with Gasteiger partial charge in [-0.15, -0.1) is 0 Å². The topological polar surface area (TPSA) is 55.7 Å². The summed E-state index contributed by atoms with van der Waals surface area (Å²) in [5, 5.41) is 5.42. The van der Waals surface area contributed by atoms with E-state index < -0.39 is 0 Å². The lowest BCUT2D eigenvalue weighted by Crippen LogP contribution is -1.99. The Morgan fingerprint density at radius 3 is 2.78 bits per heavy atom. The minimum Gasteiger partial charge on any atom is -0.493 e. The predicted molar refractivity (Wildman–Crippen MR) is 111 cm³/mol. The van der Waals surface area contributed by atoms with Gasteiger partial charge in [0.15, 0.2) is 11.5 Å². The van der Waals surface area contributed by atoms with Crippen LogP contribution < -0.4 is 14.9 Å². The van der Waals surface area contributed by atoms with Gasteiger partial charge in [-0.3, -0.25) is 10.4 Å². The largest absolute Gasteiger partial charge is 0.493 e. The van der Waals surface area contributed by atoms with Crippen molar-refractivity contribution in [2.45, 2.75) is 26.7 Å². The number of methoxy groups -OCH3 is 1. The molecule has 1 N–H and O–H groups in total. The van der Waals surface area contributed by atoms with Gasteiger partial charge >= 0.3 is 0 Å². The van der Waals surface area contributed by atoms with Crippen LogP contribution in [-0.2, 0) is 0 Å². The lowest BCUT2D eigenvalue weighted by Gasteiger charge is -2.11. The maximum atomic E-state index is 5.77. The average Bonchev–Trinajstić information content (AvgIpc) is 2.68. The highest BCUT2D eigenvalue weighted by atomic mass is 16.5. The quantitative estimate of drug-likeness (QED) is 0.340. The Bertz CT molecular complexity index is 938. The number of anilines is 1. The number of ether oxygens (including phenoxy) is 2. The second-order valence-electron chi connectivity index (χ2n) is 6.31. The molecule has 0 aliphatic rings. The van der Waals surface area contributed by atoms with E-state index in [9.17, 15) is 0 Å². The Kier molecular flexibility index (Phi) is 6.26. The Morgan fingerprint density at radius 1 is 1.11 bits per heavy atom. The zero-order valence-electron chi connectivity index (χ0n) is 16.0. The number of fused-ring (bicyclic) bond motifs is 1. The number of hydrogen-bond acceptors (Lipinski definition) is 5. The molecule has 0 saturated heterocycles. The third-order valence-electron chi connectivity index (χ3n) is 4.19. The molecule has 0 spiro atoms. The van der Waals surface area contributed by atoms with Gasteiger partial charge in [0.1, 0.15) is 0 Å². The second-order valence-corrected chi connectivity index (χ2v) is 6.31. The molecule has 0 unspecified atom stereocenters. The highest BCUT2D eigenvalue weighted by molar-refractivity contribution is 5.92. The number of nitrogens with zero attached hydrogens (tertiary/aromatic N) is 2. The van der Waals surface area contributed by atoms with E-state index in [1.54, 1.807) is 13.3 Å². The number of rotatable bonds is 8. The third-order valence-corrected chi connectivity index (χ3v) is 4.19. The van der Waals surface area contributed by atoms with Gasteiger partial charge in [-0.25, -0.2) is 0 Å². The van der Waals surface area contributed by atoms with E-state index in [1.165, 1.54) is 0 Å². The molecule has 2 aromatic carbocycles. The number of aryl methyl sites for hydroxylation is 1. The van der Waals surface area contributed by atoms with Gasteiger partial charge in [-0.1, -0.05) is 31.5 Å². The fraction of sp³-hybridized carbons (Fsp3) is 0.273. The van der Waals surface area contributed by atoms with Crippen molar-refractivity contribution in [1.29, 1.82) is 0 Å². The Hall–Kier alpha value is -3.08. The summed E-state index contributed by atoms with van der Waals surface area (Å²) in [4.78, 5) is 4.54. The molecule has 0 saturated carbocycles. The maximum absolute atomic E-state index is 5.77. The van der Waals surface area contributed by atoms with Crippen LogP contribution in [-0.4, -0.2) is 24.9 Å². The Labute approximate surface area is 160 Å². The molecular formula is C22H25N3O2. The number of benzene rings is 2. The van der Waals surface area contributed by atoms with E-state index in [1.807, 2.05) is 55.5 Å². The van der Waals surface area contributed by atoms with Crippen LogP contribution in [0.4, 0.5) is 5.69 Å². The normalized spacial score (nSPS) is 11.1. The van der Waals surface area contributed by atoms with Crippen molar-refractivity contribution in [3.05, 3.63) is 59.8 Å². The average molecular weight is 363 g/mol.